The Bertz CT molecular complexity index is 767. The number of pyridine rings is 1. The van der Waals surface area contributed by atoms with Gasteiger partial charge in [0.15, 0.2) is 5.96 Å². The first-order chi connectivity index (χ1) is 13.4. The molecular formula is C19H29N7O2. The van der Waals surface area contributed by atoms with E-state index in [1.54, 1.807) is 25.8 Å². The second-order valence-corrected chi connectivity index (χ2v) is 7.13. The molecular weight excluding hydrogens is 358 g/mol. The van der Waals surface area contributed by atoms with Gasteiger partial charge < -0.3 is 20.7 Å². The van der Waals surface area contributed by atoms with Gasteiger partial charge >= 0.3 is 6.09 Å². The van der Waals surface area contributed by atoms with Crippen LogP contribution in [0.1, 0.15) is 32.8 Å². The highest BCUT2D eigenvalue weighted by atomic mass is 16.6. The van der Waals surface area contributed by atoms with Crippen LogP contribution < -0.4 is 16.0 Å². The summed E-state index contributed by atoms with van der Waals surface area (Å²) >= 11 is 0. The normalized spacial score (nSPS) is 11.8. The molecule has 0 saturated heterocycles. The maximum Gasteiger partial charge on any atom is 0.407 e. The molecule has 28 heavy (non-hydrogen) atoms. The van der Waals surface area contributed by atoms with E-state index in [4.69, 9.17) is 4.74 Å². The molecule has 3 N–H and O–H groups in total. The molecule has 0 radical (unpaired) electrons. The molecule has 9 nitrogen and oxygen atoms in total. The van der Waals surface area contributed by atoms with Gasteiger partial charge in [0.25, 0.3) is 0 Å². The zero-order chi connectivity index (χ0) is 20.4. The fourth-order valence-corrected chi connectivity index (χ4v) is 2.31. The summed E-state index contributed by atoms with van der Waals surface area (Å²) in [5, 5.41) is 9.22. The van der Waals surface area contributed by atoms with Crippen LogP contribution in [0.3, 0.4) is 0 Å². The zero-order valence-corrected chi connectivity index (χ0v) is 16.9. The Kier molecular flexibility index (Phi) is 7.79. The SMILES string of the molecule is CN=C(NCCCNC(=O)OC(C)(C)C)NCc1ccnc(-n2ccnc2)c1. The van der Waals surface area contributed by atoms with Crippen molar-refractivity contribution in [2.24, 2.45) is 4.99 Å². The molecule has 0 bridgehead atoms. The number of aromatic nitrogens is 3. The lowest BCUT2D eigenvalue weighted by Gasteiger charge is -2.19. The lowest BCUT2D eigenvalue weighted by Crippen LogP contribution is -2.39. The van der Waals surface area contributed by atoms with Crippen LogP contribution in [0.2, 0.25) is 0 Å². The minimum atomic E-state index is -0.487. The molecule has 0 fully saturated rings. The van der Waals surface area contributed by atoms with Crippen molar-refractivity contribution >= 4 is 12.1 Å². The van der Waals surface area contributed by atoms with Crippen molar-refractivity contribution in [2.75, 3.05) is 20.1 Å². The van der Waals surface area contributed by atoms with Gasteiger partial charge in [-0.05, 0) is 44.9 Å². The molecule has 0 unspecified atom stereocenters. The number of nitrogens with one attached hydrogen (secondary N) is 3. The minimum Gasteiger partial charge on any atom is -0.444 e. The van der Waals surface area contributed by atoms with Gasteiger partial charge in [0.1, 0.15) is 17.7 Å². The molecule has 0 aliphatic carbocycles. The Morgan fingerprint density at radius 1 is 1.21 bits per heavy atom. The zero-order valence-electron chi connectivity index (χ0n) is 16.9. The van der Waals surface area contributed by atoms with Gasteiger partial charge in [-0.2, -0.15) is 0 Å². The standard InChI is InChI=1S/C19H29N7O2/c1-19(2,3)28-18(27)24-8-5-7-23-17(20-4)25-13-15-6-9-22-16(12-15)26-11-10-21-14-26/h6,9-12,14H,5,7-8,13H2,1-4H3,(H,24,27)(H2,20,23,25). The van der Waals surface area contributed by atoms with Gasteiger partial charge in [0, 0.05) is 45.3 Å². The van der Waals surface area contributed by atoms with Gasteiger partial charge in [0.2, 0.25) is 0 Å². The first kappa shape index (κ1) is 21.2. The van der Waals surface area contributed by atoms with Crippen LogP contribution in [0.15, 0.2) is 42.0 Å². The smallest absolute Gasteiger partial charge is 0.407 e. The third-order valence-corrected chi connectivity index (χ3v) is 3.58. The second kappa shape index (κ2) is 10.3. The van der Waals surface area contributed by atoms with E-state index in [9.17, 15) is 4.79 Å². The molecule has 2 aromatic heterocycles. The average molecular weight is 387 g/mol. The summed E-state index contributed by atoms with van der Waals surface area (Å²) in [6.45, 7) is 7.32. The Hall–Kier alpha value is -3.10. The number of nitrogens with zero attached hydrogens (tertiary/aromatic N) is 4. The molecule has 2 heterocycles. The van der Waals surface area contributed by atoms with E-state index < -0.39 is 11.7 Å². The Balaban J connectivity index is 1.69. The fraction of sp³-hybridized carbons (Fsp3) is 0.474. The van der Waals surface area contributed by atoms with Gasteiger partial charge in [0.05, 0.1) is 0 Å². The van der Waals surface area contributed by atoms with Gasteiger partial charge in [-0.15, -0.1) is 0 Å². The summed E-state index contributed by atoms with van der Waals surface area (Å²) in [5.41, 5.74) is 0.590. The summed E-state index contributed by atoms with van der Waals surface area (Å²) in [4.78, 5) is 24.2. The van der Waals surface area contributed by atoms with Crippen LogP contribution in [-0.2, 0) is 11.3 Å². The quantitative estimate of drug-likeness (QED) is 0.380. The first-order valence-electron chi connectivity index (χ1n) is 9.22. The Morgan fingerprint density at radius 3 is 2.68 bits per heavy atom. The number of imidazole rings is 1. The second-order valence-electron chi connectivity index (χ2n) is 7.13. The number of amides is 1. The monoisotopic (exact) mass is 387 g/mol. The molecule has 0 atom stereocenters. The number of carbonyl (C=O) groups is 1. The third kappa shape index (κ3) is 7.65. The number of hydrogen-bond donors (Lipinski definition) is 3. The van der Waals surface area contributed by atoms with E-state index in [0.29, 0.717) is 25.6 Å². The highest BCUT2D eigenvalue weighted by Crippen LogP contribution is 2.07. The number of guanidine groups is 1. The summed E-state index contributed by atoms with van der Waals surface area (Å²) in [6, 6.07) is 3.94. The van der Waals surface area contributed by atoms with Crippen molar-refractivity contribution in [3.8, 4) is 5.82 Å². The van der Waals surface area contributed by atoms with E-state index in [1.807, 2.05) is 43.7 Å². The first-order valence-corrected chi connectivity index (χ1v) is 9.22. The number of carbonyl (C=O) groups excluding carboxylic acids is 1. The van der Waals surface area contributed by atoms with E-state index in [-0.39, 0.29) is 0 Å². The van der Waals surface area contributed by atoms with Crippen LogP contribution in [0, 0.1) is 0 Å². The van der Waals surface area contributed by atoms with Crippen molar-refractivity contribution < 1.29 is 9.53 Å². The van der Waals surface area contributed by atoms with E-state index in [2.05, 4.69) is 30.9 Å². The van der Waals surface area contributed by atoms with Crippen LogP contribution >= 0.6 is 0 Å². The van der Waals surface area contributed by atoms with Crippen molar-refractivity contribution in [3.63, 3.8) is 0 Å². The molecule has 0 aliphatic heterocycles. The van der Waals surface area contributed by atoms with E-state index in [1.165, 1.54) is 0 Å². The van der Waals surface area contributed by atoms with Crippen molar-refractivity contribution in [1.29, 1.82) is 0 Å². The summed E-state index contributed by atoms with van der Waals surface area (Å²) < 4.78 is 7.05. The van der Waals surface area contributed by atoms with Crippen LogP contribution in [0.25, 0.3) is 5.82 Å². The molecule has 2 rings (SSSR count). The molecule has 0 aromatic carbocycles. The number of hydrogen-bond acceptors (Lipinski definition) is 5. The Morgan fingerprint density at radius 2 is 2.00 bits per heavy atom. The summed E-state index contributed by atoms with van der Waals surface area (Å²) in [7, 11) is 1.72. The summed E-state index contributed by atoms with van der Waals surface area (Å²) in [6.07, 6.45) is 7.40. The lowest BCUT2D eigenvalue weighted by atomic mass is 10.2. The number of ether oxygens (including phenoxy) is 1. The van der Waals surface area contributed by atoms with E-state index >= 15 is 0 Å². The number of rotatable bonds is 7. The maximum atomic E-state index is 11.6. The molecule has 0 spiro atoms. The van der Waals surface area contributed by atoms with Crippen molar-refractivity contribution in [2.45, 2.75) is 39.3 Å². The largest absolute Gasteiger partial charge is 0.444 e. The maximum absolute atomic E-state index is 11.6. The van der Waals surface area contributed by atoms with Gasteiger partial charge in [-0.1, -0.05) is 0 Å². The lowest BCUT2D eigenvalue weighted by molar-refractivity contribution is 0.0527. The molecule has 9 heteroatoms. The highest BCUT2D eigenvalue weighted by molar-refractivity contribution is 5.79. The van der Waals surface area contributed by atoms with E-state index in [0.717, 1.165) is 17.8 Å². The Labute approximate surface area is 165 Å². The van der Waals surface area contributed by atoms with Crippen LogP contribution in [-0.4, -0.2) is 52.3 Å². The fourth-order valence-electron chi connectivity index (χ4n) is 2.31. The molecule has 2 aromatic rings. The van der Waals surface area contributed by atoms with Gasteiger partial charge in [-0.25, -0.2) is 14.8 Å². The van der Waals surface area contributed by atoms with Gasteiger partial charge in [-0.3, -0.25) is 9.56 Å². The highest BCUT2D eigenvalue weighted by Gasteiger charge is 2.15. The molecule has 0 saturated carbocycles. The molecule has 152 valence electrons. The van der Waals surface area contributed by atoms with Crippen molar-refractivity contribution in [1.82, 2.24) is 30.5 Å². The van der Waals surface area contributed by atoms with Crippen LogP contribution in [0.5, 0.6) is 0 Å². The topological polar surface area (TPSA) is 105 Å². The van der Waals surface area contributed by atoms with Crippen LogP contribution in [0.4, 0.5) is 4.79 Å². The predicted molar refractivity (Wildman–Crippen MR) is 108 cm³/mol. The molecule has 0 aliphatic rings. The number of aliphatic imine (C=N–C) groups is 1. The minimum absolute atomic E-state index is 0.401. The third-order valence-electron chi connectivity index (χ3n) is 3.58. The summed E-state index contributed by atoms with van der Waals surface area (Å²) in [5.74, 6) is 1.51. The average Bonchev–Trinajstić information content (AvgIpc) is 3.17. The predicted octanol–water partition coefficient (Wildman–Crippen LogP) is 1.85. The molecule has 1 amide bonds. The number of alkyl carbamates (subject to hydrolysis) is 1. The van der Waals surface area contributed by atoms with Crippen molar-refractivity contribution in [3.05, 3.63) is 42.6 Å².